The zero-order chi connectivity index (χ0) is 11.8. The summed E-state index contributed by atoms with van der Waals surface area (Å²) in [5.74, 6) is 0.736. The first kappa shape index (κ1) is 11.3. The predicted molar refractivity (Wildman–Crippen MR) is 60.4 cm³/mol. The highest BCUT2D eigenvalue weighted by Crippen LogP contribution is 2.18. The van der Waals surface area contributed by atoms with Crippen LogP contribution in [0, 0.1) is 0 Å². The van der Waals surface area contributed by atoms with Gasteiger partial charge < -0.3 is 10.6 Å². The maximum atomic E-state index is 11.0. The Labute approximate surface area is 94.3 Å². The van der Waals surface area contributed by atoms with Crippen LogP contribution in [0.4, 0.5) is 5.82 Å². The lowest BCUT2D eigenvalue weighted by molar-refractivity contribution is 0.597. The number of pyridine rings is 1. The van der Waals surface area contributed by atoms with Crippen molar-refractivity contribution >= 4 is 15.8 Å². The number of hydrogen-bond donors (Lipinski definition) is 2. The van der Waals surface area contributed by atoms with Gasteiger partial charge in [0, 0.05) is 25.3 Å². The van der Waals surface area contributed by atoms with E-state index in [0.717, 1.165) is 25.3 Å². The van der Waals surface area contributed by atoms with Crippen molar-refractivity contribution in [2.24, 2.45) is 10.9 Å². The third-order valence-corrected chi connectivity index (χ3v) is 3.50. The largest absolute Gasteiger partial charge is 0.355 e. The molecule has 7 heteroatoms. The predicted octanol–water partition coefficient (Wildman–Crippen LogP) is -0.734. The fourth-order valence-electron chi connectivity index (χ4n) is 1.72. The molecule has 0 saturated carbocycles. The van der Waals surface area contributed by atoms with Crippen molar-refractivity contribution in [3.63, 3.8) is 0 Å². The van der Waals surface area contributed by atoms with Crippen LogP contribution in [-0.2, 0) is 10.0 Å². The van der Waals surface area contributed by atoms with E-state index < -0.39 is 10.0 Å². The quantitative estimate of drug-likeness (QED) is 0.711. The Morgan fingerprint density at radius 2 is 2.19 bits per heavy atom. The van der Waals surface area contributed by atoms with Crippen molar-refractivity contribution < 1.29 is 8.42 Å². The minimum absolute atomic E-state index is 0.0275. The molecule has 1 atom stereocenters. The summed E-state index contributed by atoms with van der Waals surface area (Å²) in [6.45, 7) is 1.60. The number of anilines is 1. The topological polar surface area (TPSA) is 102 Å². The highest BCUT2D eigenvalue weighted by atomic mass is 32.2. The summed E-state index contributed by atoms with van der Waals surface area (Å²) in [6.07, 6.45) is 2.20. The van der Waals surface area contributed by atoms with E-state index in [2.05, 4.69) is 4.98 Å². The van der Waals surface area contributed by atoms with Gasteiger partial charge >= 0.3 is 0 Å². The van der Waals surface area contributed by atoms with Crippen molar-refractivity contribution in [1.29, 1.82) is 0 Å². The summed E-state index contributed by atoms with van der Waals surface area (Å²) in [4.78, 5) is 6.13. The third-order valence-electron chi connectivity index (χ3n) is 2.60. The standard InChI is InChI=1S/C9H14N4O2S/c10-7-3-4-13(6-7)9-2-1-8(5-12-9)16(11,14)15/h1-2,5,7H,3-4,6,10H2,(H2,11,14,15). The van der Waals surface area contributed by atoms with Crippen LogP contribution in [-0.4, -0.2) is 32.5 Å². The molecule has 0 aliphatic carbocycles. The summed E-state index contributed by atoms with van der Waals surface area (Å²) < 4.78 is 22.0. The average molecular weight is 242 g/mol. The highest BCUT2D eigenvalue weighted by Gasteiger charge is 2.20. The molecular formula is C9H14N4O2S. The number of aromatic nitrogens is 1. The van der Waals surface area contributed by atoms with Crippen LogP contribution >= 0.6 is 0 Å². The molecule has 0 radical (unpaired) electrons. The van der Waals surface area contributed by atoms with E-state index in [0.29, 0.717) is 0 Å². The summed E-state index contributed by atoms with van der Waals surface area (Å²) in [5.41, 5.74) is 5.78. The fourth-order valence-corrected chi connectivity index (χ4v) is 2.18. The molecule has 0 aromatic carbocycles. The number of rotatable bonds is 2. The van der Waals surface area contributed by atoms with Crippen LogP contribution in [0.15, 0.2) is 23.2 Å². The van der Waals surface area contributed by atoms with Gasteiger partial charge in [0.25, 0.3) is 0 Å². The minimum Gasteiger partial charge on any atom is -0.355 e. The van der Waals surface area contributed by atoms with E-state index in [-0.39, 0.29) is 10.9 Å². The highest BCUT2D eigenvalue weighted by molar-refractivity contribution is 7.89. The maximum absolute atomic E-state index is 11.0. The molecule has 6 nitrogen and oxygen atoms in total. The number of hydrogen-bond acceptors (Lipinski definition) is 5. The Hall–Kier alpha value is -1.18. The molecule has 2 heterocycles. The normalized spacial score (nSPS) is 21.4. The lowest BCUT2D eigenvalue weighted by Crippen LogP contribution is -2.26. The molecular weight excluding hydrogens is 228 g/mol. The van der Waals surface area contributed by atoms with Gasteiger partial charge in [0.1, 0.15) is 10.7 Å². The number of sulfonamides is 1. The van der Waals surface area contributed by atoms with E-state index >= 15 is 0 Å². The zero-order valence-corrected chi connectivity index (χ0v) is 9.52. The van der Waals surface area contributed by atoms with E-state index in [9.17, 15) is 8.42 Å². The summed E-state index contributed by atoms with van der Waals surface area (Å²) in [7, 11) is -3.66. The van der Waals surface area contributed by atoms with Gasteiger partial charge in [-0.15, -0.1) is 0 Å². The summed E-state index contributed by atoms with van der Waals surface area (Å²) in [6, 6.07) is 3.28. The summed E-state index contributed by atoms with van der Waals surface area (Å²) in [5, 5.41) is 4.98. The Balaban J connectivity index is 2.20. The van der Waals surface area contributed by atoms with E-state index in [1.807, 2.05) is 4.90 Å². The lowest BCUT2D eigenvalue weighted by Gasteiger charge is -2.16. The van der Waals surface area contributed by atoms with Gasteiger partial charge in [-0.1, -0.05) is 0 Å². The van der Waals surface area contributed by atoms with Crippen molar-refractivity contribution in [3.05, 3.63) is 18.3 Å². The van der Waals surface area contributed by atoms with Gasteiger partial charge in [-0.2, -0.15) is 0 Å². The molecule has 1 aromatic heterocycles. The third kappa shape index (κ3) is 2.31. The first-order chi connectivity index (χ1) is 7.47. The molecule has 0 bridgehead atoms. The number of primary sulfonamides is 1. The zero-order valence-electron chi connectivity index (χ0n) is 8.70. The first-order valence-corrected chi connectivity index (χ1v) is 6.51. The Kier molecular flexibility index (Phi) is 2.83. The van der Waals surface area contributed by atoms with E-state index in [4.69, 9.17) is 10.9 Å². The van der Waals surface area contributed by atoms with Crippen molar-refractivity contribution in [2.75, 3.05) is 18.0 Å². The van der Waals surface area contributed by atoms with Gasteiger partial charge in [0.15, 0.2) is 0 Å². The Morgan fingerprint density at radius 3 is 2.62 bits per heavy atom. The number of nitrogens with zero attached hydrogens (tertiary/aromatic N) is 2. The molecule has 1 aliphatic heterocycles. The maximum Gasteiger partial charge on any atom is 0.239 e. The molecule has 16 heavy (non-hydrogen) atoms. The molecule has 1 aromatic rings. The van der Waals surface area contributed by atoms with Crippen LogP contribution < -0.4 is 15.8 Å². The lowest BCUT2D eigenvalue weighted by atomic mass is 10.3. The molecule has 1 fully saturated rings. The van der Waals surface area contributed by atoms with Gasteiger partial charge in [0.05, 0.1) is 0 Å². The van der Waals surface area contributed by atoms with Crippen LogP contribution in [0.25, 0.3) is 0 Å². The van der Waals surface area contributed by atoms with Gasteiger partial charge in [0.2, 0.25) is 10.0 Å². The van der Waals surface area contributed by atoms with Crippen LogP contribution in [0.5, 0.6) is 0 Å². The van der Waals surface area contributed by atoms with Crippen molar-refractivity contribution in [1.82, 2.24) is 4.98 Å². The van der Waals surface area contributed by atoms with Gasteiger partial charge in [-0.3, -0.25) is 0 Å². The SMILES string of the molecule is NC1CCN(c2ccc(S(N)(=O)=O)cn2)C1. The van der Waals surface area contributed by atoms with Gasteiger partial charge in [-0.25, -0.2) is 18.5 Å². The molecule has 0 amide bonds. The van der Waals surface area contributed by atoms with Crippen molar-refractivity contribution in [3.8, 4) is 0 Å². The van der Waals surface area contributed by atoms with Crippen LogP contribution in [0.1, 0.15) is 6.42 Å². The first-order valence-electron chi connectivity index (χ1n) is 4.96. The Morgan fingerprint density at radius 1 is 1.44 bits per heavy atom. The second-order valence-corrected chi connectivity index (χ2v) is 5.45. The molecule has 1 aliphatic rings. The molecule has 1 unspecified atom stereocenters. The fraction of sp³-hybridized carbons (Fsp3) is 0.444. The second-order valence-electron chi connectivity index (χ2n) is 3.89. The summed E-state index contributed by atoms with van der Waals surface area (Å²) >= 11 is 0. The van der Waals surface area contributed by atoms with Crippen LogP contribution in [0.2, 0.25) is 0 Å². The molecule has 0 spiro atoms. The monoisotopic (exact) mass is 242 g/mol. The van der Waals surface area contributed by atoms with Crippen LogP contribution in [0.3, 0.4) is 0 Å². The minimum atomic E-state index is -3.66. The van der Waals surface area contributed by atoms with Crippen molar-refractivity contribution in [2.45, 2.75) is 17.4 Å². The molecule has 88 valence electrons. The van der Waals surface area contributed by atoms with E-state index in [1.165, 1.54) is 12.3 Å². The molecule has 2 rings (SSSR count). The molecule has 4 N–H and O–H groups in total. The number of nitrogens with two attached hydrogens (primary N) is 2. The average Bonchev–Trinajstić information content (AvgIpc) is 2.64. The molecule has 1 saturated heterocycles. The van der Waals surface area contributed by atoms with E-state index in [1.54, 1.807) is 6.07 Å². The van der Waals surface area contributed by atoms with Gasteiger partial charge in [-0.05, 0) is 18.6 Å². The second kappa shape index (κ2) is 4.00. The Bertz CT molecular complexity index is 471. The smallest absolute Gasteiger partial charge is 0.239 e.